The summed E-state index contributed by atoms with van der Waals surface area (Å²) in [7, 11) is 3.33. The van der Waals surface area contributed by atoms with Crippen molar-refractivity contribution < 1.29 is 9.47 Å². The number of ether oxygens (including phenoxy) is 2. The van der Waals surface area contributed by atoms with Crippen molar-refractivity contribution in [1.82, 2.24) is 5.32 Å². The van der Waals surface area contributed by atoms with Gasteiger partial charge in [-0.3, -0.25) is 0 Å². The molecule has 0 spiro atoms. The number of hydrogen-bond donors (Lipinski definition) is 1. The molecule has 0 unspecified atom stereocenters. The molecule has 3 heteroatoms. The van der Waals surface area contributed by atoms with Crippen molar-refractivity contribution in [3.63, 3.8) is 0 Å². The first kappa shape index (κ1) is 13.6. The molecule has 0 saturated heterocycles. The Bertz CT molecular complexity index is 374. The summed E-state index contributed by atoms with van der Waals surface area (Å²) in [5.74, 6) is 1.67. The van der Waals surface area contributed by atoms with E-state index >= 15 is 0 Å². The molecule has 0 heterocycles. The van der Waals surface area contributed by atoms with Gasteiger partial charge in [0.15, 0.2) is 0 Å². The molecule has 0 saturated carbocycles. The Labute approximate surface area is 103 Å². The van der Waals surface area contributed by atoms with Crippen LogP contribution in [0.3, 0.4) is 0 Å². The van der Waals surface area contributed by atoms with E-state index in [9.17, 15) is 0 Å². The maximum Gasteiger partial charge on any atom is 0.127 e. The topological polar surface area (TPSA) is 30.5 Å². The van der Waals surface area contributed by atoms with Crippen LogP contribution < -0.4 is 14.8 Å². The highest BCUT2D eigenvalue weighted by molar-refractivity contribution is 5.40. The normalized spacial score (nSPS) is 10.1. The molecule has 94 valence electrons. The minimum Gasteiger partial charge on any atom is -0.497 e. The summed E-state index contributed by atoms with van der Waals surface area (Å²) in [6, 6.07) is 5.86. The minimum absolute atomic E-state index is 0.792. The lowest BCUT2D eigenvalue weighted by Crippen LogP contribution is -2.15. The zero-order valence-corrected chi connectivity index (χ0v) is 10.9. The van der Waals surface area contributed by atoms with Crippen LogP contribution in [0.5, 0.6) is 11.5 Å². The maximum atomic E-state index is 5.33. The zero-order chi connectivity index (χ0) is 12.7. The summed E-state index contributed by atoms with van der Waals surface area (Å²) in [4.78, 5) is 0. The van der Waals surface area contributed by atoms with Crippen molar-refractivity contribution in [2.24, 2.45) is 0 Å². The molecule has 0 bridgehead atoms. The Balaban J connectivity index is 2.55. The molecule has 1 aromatic rings. The van der Waals surface area contributed by atoms with Crippen molar-refractivity contribution in [3.05, 3.63) is 35.9 Å². The molecule has 0 amide bonds. The monoisotopic (exact) mass is 235 g/mol. The molecule has 3 nitrogen and oxygen atoms in total. The molecule has 0 aliphatic heterocycles. The molecule has 0 fully saturated rings. The number of hydrogen-bond acceptors (Lipinski definition) is 3. The highest BCUT2D eigenvalue weighted by atomic mass is 16.5. The molecular weight excluding hydrogens is 214 g/mol. The summed E-state index contributed by atoms with van der Waals surface area (Å²) >= 11 is 0. The predicted molar refractivity (Wildman–Crippen MR) is 70.7 cm³/mol. The van der Waals surface area contributed by atoms with Gasteiger partial charge >= 0.3 is 0 Å². The van der Waals surface area contributed by atoms with Gasteiger partial charge in [0.1, 0.15) is 11.5 Å². The third-order valence-corrected chi connectivity index (χ3v) is 2.54. The fourth-order valence-corrected chi connectivity index (χ4v) is 1.52. The van der Waals surface area contributed by atoms with Crippen molar-refractivity contribution in [1.29, 1.82) is 0 Å². The molecule has 1 aromatic carbocycles. The number of rotatable bonds is 7. The van der Waals surface area contributed by atoms with E-state index in [1.54, 1.807) is 14.2 Å². The molecular formula is C14H21NO2. The molecule has 0 atom stereocenters. The Morgan fingerprint density at radius 1 is 1.29 bits per heavy atom. The van der Waals surface area contributed by atoms with E-state index in [0.29, 0.717) is 0 Å². The smallest absolute Gasteiger partial charge is 0.127 e. The zero-order valence-electron chi connectivity index (χ0n) is 10.9. The second-order valence-electron chi connectivity index (χ2n) is 4.06. The average Bonchev–Trinajstić information content (AvgIpc) is 2.34. The van der Waals surface area contributed by atoms with Gasteiger partial charge in [-0.25, -0.2) is 0 Å². The standard InChI is InChI=1S/C14H21NO2/c1-11(2)7-8-15-10-12-5-6-13(16-3)9-14(12)17-4/h5-6,9,15H,1,7-8,10H2,2-4H3. The van der Waals surface area contributed by atoms with Gasteiger partial charge < -0.3 is 14.8 Å². The lowest BCUT2D eigenvalue weighted by Gasteiger charge is -2.11. The van der Waals surface area contributed by atoms with E-state index in [2.05, 4.69) is 11.9 Å². The fourth-order valence-electron chi connectivity index (χ4n) is 1.52. The third-order valence-electron chi connectivity index (χ3n) is 2.54. The average molecular weight is 235 g/mol. The van der Waals surface area contributed by atoms with Crippen molar-refractivity contribution in [3.8, 4) is 11.5 Å². The van der Waals surface area contributed by atoms with Gasteiger partial charge in [-0.1, -0.05) is 11.6 Å². The van der Waals surface area contributed by atoms with Crippen LogP contribution in [0.15, 0.2) is 30.4 Å². The van der Waals surface area contributed by atoms with E-state index in [0.717, 1.165) is 36.6 Å². The highest BCUT2D eigenvalue weighted by Crippen LogP contribution is 2.24. The number of benzene rings is 1. The highest BCUT2D eigenvalue weighted by Gasteiger charge is 2.04. The molecule has 0 radical (unpaired) electrons. The van der Waals surface area contributed by atoms with Gasteiger partial charge in [-0.15, -0.1) is 6.58 Å². The van der Waals surface area contributed by atoms with E-state index in [-0.39, 0.29) is 0 Å². The summed E-state index contributed by atoms with van der Waals surface area (Å²) in [5.41, 5.74) is 2.33. The summed E-state index contributed by atoms with van der Waals surface area (Å²) in [5, 5.41) is 3.36. The summed E-state index contributed by atoms with van der Waals surface area (Å²) in [6.07, 6.45) is 0.998. The number of nitrogens with one attached hydrogen (secondary N) is 1. The van der Waals surface area contributed by atoms with Crippen LogP contribution in [0.2, 0.25) is 0 Å². The first-order chi connectivity index (χ1) is 8.17. The van der Waals surface area contributed by atoms with Crippen LogP contribution in [0.4, 0.5) is 0 Å². The lowest BCUT2D eigenvalue weighted by atomic mass is 10.2. The molecule has 0 aromatic heterocycles. The second-order valence-corrected chi connectivity index (χ2v) is 4.06. The SMILES string of the molecule is C=C(C)CCNCc1ccc(OC)cc1OC. The van der Waals surface area contributed by atoms with Gasteiger partial charge in [-0.2, -0.15) is 0 Å². The fraction of sp³-hybridized carbons (Fsp3) is 0.429. The first-order valence-electron chi connectivity index (χ1n) is 5.73. The third kappa shape index (κ3) is 4.49. The Hall–Kier alpha value is -1.48. The van der Waals surface area contributed by atoms with Crippen LogP contribution in [-0.4, -0.2) is 20.8 Å². The van der Waals surface area contributed by atoms with E-state index in [1.165, 1.54) is 5.57 Å². The van der Waals surface area contributed by atoms with Gasteiger partial charge in [0.25, 0.3) is 0 Å². The predicted octanol–water partition coefficient (Wildman–Crippen LogP) is 2.76. The Kier molecular flexibility index (Phi) is 5.57. The van der Waals surface area contributed by atoms with Crippen molar-refractivity contribution >= 4 is 0 Å². The van der Waals surface area contributed by atoms with E-state index in [4.69, 9.17) is 9.47 Å². The molecule has 1 rings (SSSR count). The summed E-state index contributed by atoms with van der Waals surface area (Å²) < 4.78 is 10.5. The molecule has 0 aliphatic rings. The maximum absolute atomic E-state index is 5.33. The van der Waals surface area contributed by atoms with Gasteiger partial charge in [0, 0.05) is 18.2 Å². The van der Waals surface area contributed by atoms with Crippen LogP contribution in [-0.2, 0) is 6.54 Å². The Morgan fingerprint density at radius 3 is 2.65 bits per heavy atom. The largest absolute Gasteiger partial charge is 0.497 e. The first-order valence-corrected chi connectivity index (χ1v) is 5.73. The number of methoxy groups -OCH3 is 2. The van der Waals surface area contributed by atoms with Gasteiger partial charge in [0.05, 0.1) is 14.2 Å². The van der Waals surface area contributed by atoms with Crippen LogP contribution in [0, 0.1) is 0 Å². The van der Waals surface area contributed by atoms with Gasteiger partial charge in [-0.05, 0) is 26.0 Å². The molecule has 0 aliphatic carbocycles. The quantitative estimate of drug-likeness (QED) is 0.582. The van der Waals surface area contributed by atoms with Crippen LogP contribution >= 0.6 is 0 Å². The van der Waals surface area contributed by atoms with Crippen LogP contribution in [0.25, 0.3) is 0 Å². The van der Waals surface area contributed by atoms with Crippen molar-refractivity contribution in [2.45, 2.75) is 19.9 Å². The van der Waals surface area contributed by atoms with E-state index in [1.807, 2.05) is 25.1 Å². The summed E-state index contributed by atoms with van der Waals surface area (Å²) in [6.45, 7) is 7.64. The second kappa shape index (κ2) is 6.97. The lowest BCUT2D eigenvalue weighted by molar-refractivity contribution is 0.390. The molecule has 1 N–H and O–H groups in total. The van der Waals surface area contributed by atoms with Crippen LogP contribution in [0.1, 0.15) is 18.9 Å². The minimum atomic E-state index is 0.792. The Morgan fingerprint density at radius 2 is 2.06 bits per heavy atom. The molecule has 17 heavy (non-hydrogen) atoms. The van der Waals surface area contributed by atoms with E-state index < -0.39 is 0 Å². The van der Waals surface area contributed by atoms with Gasteiger partial charge in [0.2, 0.25) is 0 Å². The van der Waals surface area contributed by atoms with Crippen molar-refractivity contribution in [2.75, 3.05) is 20.8 Å².